The summed E-state index contributed by atoms with van der Waals surface area (Å²) in [7, 11) is 1.61. The van der Waals surface area contributed by atoms with Crippen LogP contribution in [0.2, 0.25) is 0 Å². The summed E-state index contributed by atoms with van der Waals surface area (Å²) in [5, 5.41) is 0. The van der Waals surface area contributed by atoms with Crippen molar-refractivity contribution in [3.63, 3.8) is 0 Å². The Morgan fingerprint density at radius 2 is 1.62 bits per heavy atom. The average molecular weight is 435 g/mol. The minimum atomic E-state index is -0.196. The highest BCUT2D eigenvalue weighted by Crippen LogP contribution is 2.33. The van der Waals surface area contributed by atoms with Gasteiger partial charge in [0.1, 0.15) is 17.3 Å². The van der Waals surface area contributed by atoms with E-state index in [0.717, 1.165) is 49.5 Å². The summed E-state index contributed by atoms with van der Waals surface area (Å²) in [5.74, 6) is 1.28. The number of benzene rings is 1. The number of imide groups is 1. The van der Waals surface area contributed by atoms with E-state index in [4.69, 9.17) is 4.74 Å². The standard InChI is InChI=1S/C25H30N4O3/c1-3-4-7-14-29-24(30)22(19-9-11-20(32-2)12-10-19)23(25(29)31)28-17-15-27(16-18-28)21-8-5-6-13-26-21/h5-6,8-13H,3-4,7,14-18H2,1-2H3. The van der Waals surface area contributed by atoms with Crippen LogP contribution in [0.5, 0.6) is 5.75 Å². The van der Waals surface area contributed by atoms with Gasteiger partial charge in [0.2, 0.25) is 0 Å². The average Bonchev–Trinajstić information content (AvgIpc) is 3.09. The number of ether oxygens (including phenoxy) is 1. The van der Waals surface area contributed by atoms with Gasteiger partial charge >= 0.3 is 0 Å². The molecule has 1 aromatic carbocycles. The number of hydrogen-bond donors (Lipinski definition) is 0. The van der Waals surface area contributed by atoms with Crippen molar-refractivity contribution in [2.75, 3.05) is 44.7 Å². The molecule has 0 spiro atoms. The van der Waals surface area contributed by atoms with Crippen LogP contribution in [-0.2, 0) is 9.59 Å². The van der Waals surface area contributed by atoms with E-state index >= 15 is 0 Å². The summed E-state index contributed by atoms with van der Waals surface area (Å²) >= 11 is 0. The van der Waals surface area contributed by atoms with Crippen molar-refractivity contribution in [3.05, 3.63) is 59.9 Å². The molecule has 1 fully saturated rings. The molecule has 0 atom stereocenters. The lowest BCUT2D eigenvalue weighted by atomic mass is 10.0. The van der Waals surface area contributed by atoms with Gasteiger partial charge in [0.05, 0.1) is 12.7 Å². The molecule has 1 saturated heterocycles. The summed E-state index contributed by atoms with van der Waals surface area (Å²) in [6.45, 7) is 5.38. The quantitative estimate of drug-likeness (QED) is 0.470. The molecule has 2 aliphatic rings. The fourth-order valence-electron chi connectivity index (χ4n) is 4.30. The molecule has 7 heteroatoms. The predicted molar refractivity (Wildman–Crippen MR) is 124 cm³/mol. The fourth-order valence-corrected chi connectivity index (χ4v) is 4.30. The zero-order chi connectivity index (χ0) is 22.5. The van der Waals surface area contributed by atoms with E-state index in [0.29, 0.717) is 30.9 Å². The van der Waals surface area contributed by atoms with Crippen LogP contribution >= 0.6 is 0 Å². The number of pyridine rings is 1. The highest BCUT2D eigenvalue weighted by Gasteiger charge is 2.41. The van der Waals surface area contributed by atoms with Crippen LogP contribution in [0.1, 0.15) is 31.7 Å². The molecule has 0 radical (unpaired) electrons. The SMILES string of the molecule is CCCCCN1C(=O)C(c2ccc(OC)cc2)=C(N2CCN(c3ccccn3)CC2)C1=O. The van der Waals surface area contributed by atoms with Crippen LogP contribution in [0.15, 0.2) is 54.4 Å². The monoisotopic (exact) mass is 434 g/mol. The second-order valence-corrected chi connectivity index (χ2v) is 8.08. The maximum absolute atomic E-state index is 13.4. The second kappa shape index (κ2) is 9.85. The fraction of sp³-hybridized carbons (Fsp3) is 0.400. The first kappa shape index (κ1) is 21.9. The van der Waals surface area contributed by atoms with E-state index in [1.807, 2.05) is 42.5 Å². The molecule has 168 valence electrons. The van der Waals surface area contributed by atoms with Crippen molar-refractivity contribution in [2.24, 2.45) is 0 Å². The Morgan fingerprint density at radius 3 is 2.25 bits per heavy atom. The molecule has 7 nitrogen and oxygen atoms in total. The van der Waals surface area contributed by atoms with Gasteiger partial charge in [0.25, 0.3) is 11.8 Å². The maximum atomic E-state index is 13.4. The van der Waals surface area contributed by atoms with E-state index in [2.05, 4.69) is 21.7 Å². The largest absolute Gasteiger partial charge is 0.497 e. The molecule has 4 rings (SSSR count). The van der Waals surface area contributed by atoms with Gasteiger partial charge in [-0.15, -0.1) is 0 Å². The Labute approximate surface area is 189 Å². The Balaban J connectivity index is 1.61. The Kier molecular flexibility index (Phi) is 6.73. The van der Waals surface area contributed by atoms with Crippen molar-refractivity contribution in [2.45, 2.75) is 26.2 Å². The summed E-state index contributed by atoms with van der Waals surface area (Å²) in [6, 6.07) is 13.3. The Hall–Kier alpha value is -3.35. The van der Waals surface area contributed by atoms with Crippen molar-refractivity contribution in [3.8, 4) is 5.75 Å². The minimum absolute atomic E-state index is 0.178. The molecule has 0 bridgehead atoms. The number of aromatic nitrogens is 1. The summed E-state index contributed by atoms with van der Waals surface area (Å²) in [5.41, 5.74) is 1.78. The van der Waals surface area contributed by atoms with Crippen LogP contribution < -0.4 is 9.64 Å². The lowest BCUT2D eigenvalue weighted by Gasteiger charge is -2.37. The third kappa shape index (κ3) is 4.33. The van der Waals surface area contributed by atoms with Gasteiger partial charge in [0.15, 0.2) is 0 Å². The summed E-state index contributed by atoms with van der Waals surface area (Å²) in [4.78, 5) is 36.9. The predicted octanol–water partition coefficient (Wildman–Crippen LogP) is 3.18. The minimum Gasteiger partial charge on any atom is -0.497 e. The van der Waals surface area contributed by atoms with Crippen LogP contribution in [0.25, 0.3) is 5.57 Å². The summed E-state index contributed by atoms with van der Waals surface area (Å²) in [6.07, 6.45) is 4.65. The van der Waals surface area contributed by atoms with Gasteiger partial charge in [-0.2, -0.15) is 0 Å². The first-order chi connectivity index (χ1) is 15.6. The molecular formula is C25H30N4O3. The maximum Gasteiger partial charge on any atom is 0.277 e. The molecular weight excluding hydrogens is 404 g/mol. The number of hydrogen-bond acceptors (Lipinski definition) is 6. The van der Waals surface area contributed by atoms with Crippen molar-refractivity contribution >= 4 is 23.2 Å². The molecule has 32 heavy (non-hydrogen) atoms. The van der Waals surface area contributed by atoms with E-state index in [9.17, 15) is 9.59 Å². The molecule has 0 N–H and O–H groups in total. The topological polar surface area (TPSA) is 66.0 Å². The van der Waals surface area contributed by atoms with Crippen LogP contribution in [0.3, 0.4) is 0 Å². The lowest BCUT2D eigenvalue weighted by molar-refractivity contribution is -0.137. The van der Waals surface area contributed by atoms with Gasteiger partial charge in [-0.3, -0.25) is 14.5 Å². The van der Waals surface area contributed by atoms with Crippen LogP contribution in [-0.4, -0.2) is 66.4 Å². The van der Waals surface area contributed by atoms with Gasteiger partial charge in [-0.1, -0.05) is 38.0 Å². The van der Waals surface area contributed by atoms with Gasteiger partial charge in [-0.25, -0.2) is 4.98 Å². The van der Waals surface area contributed by atoms with Crippen LogP contribution in [0.4, 0.5) is 5.82 Å². The number of amides is 2. The zero-order valence-corrected chi connectivity index (χ0v) is 18.8. The second-order valence-electron chi connectivity index (χ2n) is 8.08. The normalized spacial score (nSPS) is 16.9. The molecule has 2 amide bonds. The van der Waals surface area contributed by atoms with Gasteiger partial charge < -0.3 is 14.5 Å². The number of piperazine rings is 1. The van der Waals surface area contributed by atoms with E-state index in [1.165, 1.54) is 4.90 Å². The van der Waals surface area contributed by atoms with Crippen LogP contribution in [0, 0.1) is 0 Å². The molecule has 3 heterocycles. The number of carbonyl (C=O) groups excluding carboxylic acids is 2. The molecule has 0 saturated carbocycles. The van der Waals surface area contributed by atoms with Crippen molar-refractivity contribution in [1.82, 2.24) is 14.8 Å². The number of unbranched alkanes of at least 4 members (excludes halogenated alkanes) is 2. The van der Waals surface area contributed by atoms with E-state index in [-0.39, 0.29) is 11.8 Å². The van der Waals surface area contributed by atoms with Gasteiger partial charge in [0, 0.05) is 38.9 Å². The zero-order valence-electron chi connectivity index (χ0n) is 18.8. The number of methoxy groups -OCH3 is 1. The smallest absolute Gasteiger partial charge is 0.277 e. The number of rotatable bonds is 8. The highest BCUT2D eigenvalue weighted by molar-refractivity contribution is 6.35. The van der Waals surface area contributed by atoms with Gasteiger partial charge in [-0.05, 0) is 36.2 Å². The molecule has 1 aromatic heterocycles. The summed E-state index contributed by atoms with van der Waals surface area (Å²) < 4.78 is 5.26. The molecule has 2 aliphatic heterocycles. The number of anilines is 1. The first-order valence-corrected chi connectivity index (χ1v) is 11.3. The highest BCUT2D eigenvalue weighted by atomic mass is 16.5. The Morgan fingerprint density at radius 1 is 0.906 bits per heavy atom. The number of carbonyl (C=O) groups is 2. The van der Waals surface area contributed by atoms with E-state index < -0.39 is 0 Å². The molecule has 0 aliphatic carbocycles. The Bertz CT molecular complexity index is 980. The third-order valence-electron chi connectivity index (χ3n) is 6.08. The van der Waals surface area contributed by atoms with E-state index in [1.54, 1.807) is 13.3 Å². The third-order valence-corrected chi connectivity index (χ3v) is 6.08. The molecule has 0 unspecified atom stereocenters. The number of nitrogens with zero attached hydrogens (tertiary/aromatic N) is 4. The lowest BCUT2D eigenvalue weighted by Crippen LogP contribution is -2.48. The van der Waals surface area contributed by atoms with Crippen molar-refractivity contribution < 1.29 is 14.3 Å². The first-order valence-electron chi connectivity index (χ1n) is 11.3. The van der Waals surface area contributed by atoms with Crippen molar-refractivity contribution in [1.29, 1.82) is 0 Å². The molecule has 2 aromatic rings.